The predicted molar refractivity (Wildman–Crippen MR) is 68.2 cm³/mol. The second kappa shape index (κ2) is 5.49. The van der Waals surface area contributed by atoms with Gasteiger partial charge < -0.3 is 15.6 Å². The molecule has 0 bridgehead atoms. The molecular formula is C12H17NO4S. The highest BCUT2D eigenvalue weighted by Gasteiger charge is 2.37. The lowest BCUT2D eigenvalue weighted by Crippen LogP contribution is -2.38. The van der Waals surface area contributed by atoms with E-state index in [1.807, 2.05) is 0 Å². The average Bonchev–Trinajstić information content (AvgIpc) is 2.65. The summed E-state index contributed by atoms with van der Waals surface area (Å²) in [4.78, 5) is 23.7. The third kappa shape index (κ3) is 3.82. The summed E-state index contributed by atoms with van der Waals surface area (Å²) in [6, 6.07) is 2.57. The number of esters is 1. The number of nitrogens with two attached hydrogens (primary N) is 1. The van der Waals surface area contributed by atoms with Gasteiger partial charge >= 0.3 is 11.9 Å². The van der Waals surface area contributed by atoms with Crippen molar-refractivity contribution < 1.29 is 19.4 Å². The van der Waals surface area contributed by atoms with Crippen molar-refractivity contribution in [3.63, 3.8) is 0 Å². The third-order valence-electron chi connectivity index (χ3n) is 2.16. The summed E-state index contributed by atoms with van der Waals surface area (Å²) in [5, 5.41) is 10.9. The molecule has 0 aliphatic carbocycles. The number of carbonyl (C=O) groups is 2. The maximum Gasteiger partial charge on any atom is 0.322 e. The molecule has 2 atom stereocenters. The Kier molecular flexibility index (Phi) is 4.48. The second-order valence-electron chi connectivity index (χ2n) is 4.89. The molecule has 1 aromatic rings. The van der Waals surface area contributed by atoms with Crippen LogP contribution in [0.15, 0.2) is 17.5 Å². The van der Waals surface area contributed by atoms with Crippen molar-refractivity contribution in [2.24, 2.45) is 11.7 Å². The Morgan fingerprint density at radius 1 is 1.44 bits per heavy atom. The van der Waals surface area contributed by atoms with Crippen LogP contribution in [0, 0.1) is 5.92 Å². The summed E-state index contributed by atoms with van der Waals surface area (Å²) in [5.41, 5.74) is 5.10. The van der Waals surface area contributed by atoms with Crippen LogP contribution in [0.2, 0.25) is 0 Å². The van der Waals surface area contributed by atoms with Crippen molar-refractivity contribution in [2.45, 2.75) is 32.4 Å². The minimum absolute atomic E-state index is 0.647. The summed E-state index contributed by atoms with van der Waals surface area (Å²) in [5.74, 6) is -3.47. The van der Waals surface area contributed by atoms with Gasteiger partial charge in [0.05, 0.1) is 6.04 Å². The maximum absolute atomic E-state index is 11.9. The van der Waals surface area contributed by atoms with Crippen LogP contribution in [-0.2, 0) is 14.3 Å². The molecule has 18 heavy (non-hydrogen) atoms. The first kappa shape index (κ1) is 14.7. The van der Waals surface area contributed by atoms with Gasteiger partial charge in [0, 0.05) is 4.88 Å². The molecule has 3 N–H and O–H groups in total. The van der Waals surface area contributed by atoms with Crippen molar-refractivity contribution in [3.8, 4) is 0 Å². The highest BCUT2D eigenvalue weighted by atomic mass is 32.1. The van der Waals surface area contributed by atoms with E-state index in [4.69, 9.17) is 15.6 Å². The normalized spacial score (nSPS) is 14.9. The van der Waals surface area contributed by atoms with Crippen molar-refractivity contribution in [1.82, 2.24) is 0 Å². The molecule has 0 aromatic carbocycles. The number of carboxylic acids is 1. The summed E-state index contributed by atoms with van der Waals surface area (Å²) >= 11 is 1.32. The van der Waals surface area contributed by atoms with Gasteiger partial charge in [0.2, 0.25) is 0 Å². The Balaban J connectivity index is 2.90. The molecule has 1 rings (SSSR count). The van der Waals surface area contributed by atoms with E-state index in [1.54, 1.807) is 38.3 Å². The smallest absolute Gasteiger partial charge is 0.322 e. The lowest BCUT2D eigenvalue weighted by atomic mass is 9.99. The summed E-state index contributed by atoms with van der Waals surface area (Å²) in [6.45, 7) is 5.04. The van der Waals surface area contributed by atoms with E-state index in [-0.39, 0.29) is 0 Å². The molecule has 0 radical (unpaired) electrons. The minimum atomic E-state index is -1.39. The molecule has 100 valence electrons. The molecule has 1 heterocycles. The first-order chi connectivity index (χ1) is 8.22. The van der Waals surface area contributed by atoms with Gasteiger partial charge in [0.25, 0.3) is 0 Å². The number of ether oxygens (including phenoxy) is 1. The first-order valence-electron chi connectivity index (χ1n) is 5.47. The molecule has 0 aliphatic rings. The molecule has 1 aromatic heterocycles. The zero-order valence-corrected chi connectivity index (χ0v) is 11.4. The number of hydrogen-bond donors (Lipinski definition) is 2. The Hall–Kier alpha value is -1.40. The number of thiophene rings is 1. The van der Waals surface area contributed by atoms with Gasteiger partial charge in [-0.1, -0.05) is 6.07 Å². The summed E-state index contributed by atoms with van der Waals surface area (Å²) < 4.78 is 5.09. The number of aliphatic carboxylic acids is 1. The Bertz CT molecular complexity index is 422. The van der Waals surface area contributed by atoms with Gasteiger partial charge in [-0.2, -0.15) is 0 Å². The zero-order chi connectivity index (χ0) is 13.9. The lowest BCUT2D eigenvalue weighted by molar-refractivity contribution is -0.167. The second-order valence-corrected chi connectivity index (χ2v) is 5.87. The van der Waals surface area contributed by atoms with Crippen LogP contribution in [0.1, 0.15) is 31.7 Å². The van der Waals surface area contributed by atoms with Crippen molar-refractivity contribution in [3.05, 3.63) is 22.4 Å². The minimum Gasteiger partial charge on any atom is -0.481 e. The fourth-order valence-corrected chi connectivity index (χ4v) is 2.18. The van der Waals surface area contributed by atoms with Crippen LogP contribution >= 0.6 is 11.3 Å². The van der Waals surface area contributed by atoms with E-state index in [0.29, 0.717) is 4.88 Å². The highest BCUT2D eigenvalue weighted by Crippen LogP contribution is 2.26. The standard InChI is InChI=1S/C12H17NO4S/c1-12(2,3)17-11(16)8(10(14)15)9(13)7-5-4-6-18-7/h4-6,8-9H,13H2,1-3H3,(H,14,15)/t8-,9?/m0/s1. The molecule has 0 fully saturated rings. The van der Waals surface area contributed by atoms with Crippen LogP contribution in [0.5, 0.6) is 0 Å². The lowest BCUT2D eigenvalue weighted by Gasteiger charge is -2.24. The third-order valence-corrected chi connectivity index (χ3v) is 3.13. The Labute approximate surface area is 110 Å². The molecule has 0 saturated carbocycles. The number of carboxylic acid groups (broad SMARTS) is 1. The van der Waals surface area contributed by atoms with Crippen molar-refractivity contribution in [1.29, 1.82) is 0 Å². The van der Waals surface area contributed by atoms with Crippen LogP contribution in [0.25, 0.3) is 0 Å². The van der Waals surface area contributed by atoms with E-state index in [2.05, 4.69) is 0 Å². The number of carbonyl (C=O) groups excluding carboxylic acids is 1. The largest absolute Gasteiger partial charge is 0.481 e. The van der Waals surface area contributed by atoms with Crippen molar-refractivity contribution in [2.75, 3.05) is 0 Å². The fraction of sp³-hybridized carbons (Fsp3) is 0.500. The topological polar surface area (TPSA) is 89.6 Å². The van der Waals surface area contributed by atoms with Gasteiger partial charge in [0.15, 0.2) is 5.92 Å². The van der Waals surface area contributed by atoms with Crippen LogP contribution in [0.3, 0.4) is 0 Å². The van der Waals surface area contributed by atoms with Crippen LogP contribution < -0.4 is 5.73 Å². The van der Waals surface area contributed by atoms with Crippen molar-refractivity contribution >= 4 is 23.3 Å². The Morgan fingerprint density at radius 3 is 2.44 bits per heavy atom. The predicted octanol–water partition coefficient (Wildman–Crippen LogP) is 1.79. The Morgan fingerprint density at radius 2 is 2.06 bits per heavy atom. The number of rotatable bonds is 4. The van der Waals surface area contributed by atoms with E-state index in [0.717, 1.165) is 0 Å². The SMILES string of the molecule is CC(C)(C)OC(=O)[C@H](C(=O)O)C(N)c1cccs1. The summed E-state index contributed by atoms with van der Waals surface area (Å²) in [7, 11) is 0. The molecular weight excluding hydrogens is 254 g/mol. The molecule has 0 spiro atoms. The van der Waals surface area contributed by atoms with E-state index >= 15 is 0 Å². The monoisotopic (exact) mass is 271 g/mol. The molecule has 1 unspecified atom stereocenters. The maximum atomic E-state index is 11.9. The zero-order valence-electron chi connectivity index (χ0n) is 10.5. The summed E-state index contributed by atoms with van der Waals surface area (Å²) in [6.07, 6.45) is 0. The van der Waals surface area contributed by atoms with Gasteiger partial charge in [-0.25, -0.2) is 0 Å². The average molecular weight is 271 g/mol. The van der Waals surface area contributed by atoms with Crippen LogP contribution in [-0.4, -0.2) is 22.6 Å². The fourth-order valence-electron chi connectivity index (χ4n) is 1.41. The van der Waals surface area contributed by atoms with E-state index < -0.39 is 29.5 Å². The van der Waals surface area contributed by atoms with Crippen LogP contribution in [0.4, 0.5) is 0 Å². The van der Waals surface area contributed by atoms with E-state index in [9.17, 15) is 9.59 Å². The highest BCUT2D eigenvalue weighted by molar-refractivity contribution is 7.10. The molecule has 6 heteroatoms. The van der Waals surface area contributed by atoms with Gasteiger partial charge in [0.1, 0.15) is 5.60 Å². The molecule has 0 amide bonds. The first-order valence-corrected chi connectivity index (χ1v) is 6.35. The van der Waals surface area contributed by atoms with Gasteiger partial charge in [-0.05, 0) is 32.2 Å². The molecule has 5 nitrogen and oxygen atoms in total. The van der Waals surface area contributed by atoms with Gasteiger partial charge in [-0.15, -0.1) is 11.3 Å². The molecule has 0 saturated heterocycles. The molecule has 0 aliphatic heterocycles. The van der Waals surface area contributed by atoms with Gasteiger partial charge in [-0.3, -0.25) is 9.59 Å². The van der Waals surface area contributed by atoms with E-state index in [1.165, 1.54) is 11.3 Å². The quantitative estimate of drug-likeness (QED) is 0.643. The number of hydrogen-bond acceptors (Lipinski definition) is 5.